The molecule has 0 atom stereocenters. The van der Waals surface area contributed by atoms with Crippen molar-refractivity contribution in [2.75, 3.05) is 32.7 Å². The maximum atomic E-state index is 12.7. The molecule has 0 unspecified atom stereocenters. The molecule has 25 heavy (non-hydrogen) atoms. The Balaban J connectivity index is 1.94. The molecule has 138 valence electrons. The van der Waals surface area contributed by atoms with Crippen LogP contribution < -0.4 is 11.1 Å². The van der Waals surface area contributed by atoms with Crippen molar-refractivity contribution in [3.63, 3.8) is 0 Å². The molecular weight excluding hydrogens is 391 g/mol. The molecule has 1 aliphatic rings. The van der Waals surface area contributed by atoms with Gasteiger partial charge in [-0.2, -0.15) is 4.31 Å². The number of urea groups is 1. The normalized spacial score (nSPS) is 16.6. The molecule has 1 saturated heterocycles. The third kappa shape index (κ3) is 5.05. The fourth-order valence-electron chi connectivity index (χ4n) is 2.48. The van der Waals surface area contributed by atoms with Gasteiger partial charge in [-0.15, -0.1) is 0 Å². The first kappa shape index (κ1) is 19.9. The van der Waals surface area contributed by atoms with Gasteiger partial charge in [0, 0.05) is 39.1 Å². The average molecular weight is 409 g/mol. The van der Waals surface area contributed by atoms with E-state index in [4.69, 9.17) is 28.9 Å². The van der Waals surface area contributed by atoms with Gasteiger partial charge in [0.05, 0.1) is 10.0 Å². The minimum Gasteiger partial charge on any atom is -0.351 e. The Kier molecular flexibility index (Phi) is 6.64. The highest BCUT2D eigenvalue weighted by molar-refractivity contribution is 7.89. The number of nitrogens with one attached hydrogen (secondary N) is 1. The second-order valence-electron chi connectivity index (χ2n) is 5.46. The first-order chi connectivity index (χ1) is 11.7. The summed E-state index contributed by atoms with van der Waals surface area (Å²) in [5, 5.41) is 2.18. The van der Waals surface area contributed by atoms with Crippen molar-refractivity contribution in [3.8, 4) is 0 Å². The van der Waals surface area contributed by atoms with Gasteiger partial charge in [0.15, 0.2) is 0 Å². The molecule has 1 aliphatic heterocycles. The summed E-state index contributed by atoms with van der Waals surface area (Å²) in [6.07, 6.45) is 0.107. The van der Waals surface area contributed by atoms with Crippen LogP contribution in [0.1, 0.15) is 6.42 Å². The summed E-state index contributed by atoms with van der Waals surface area (Å²) in [7, 11) is -3.74. The van der Waals surface area contributed by atoms with E-state index in [-0.39, 0.29) is 34.5 Å². The van der Waals surface area contributed by atoms with Gasteiger partial charge < -0.3 is 10.6 Å². The summed E-state index contributed by atoms with van der Waals surface area (Å²) < 4.78 is 26.7. The van der Waals surface area contributed by atoms with Crippen LogP contribution in [0.2, 0.25) is 10.0 Å². The lowest BCUT2D eigenvalue weighted by Gasteiger charge is -2.34. The van der Waals surface area contributed by atoms with Crippen molar-refractivity contribution in [2.45, 2.75) is 11.3 Å². The van der Waals surface area contributed by atoms with Crippen molar-refractivity contribution in [1.29, 1.82) is 0 Å². The van der Waals surface area contributed by atoms with Crippen LogP contribution in [-0.2, 0) is 14.8 Å². The third-order valence-electron chi connectivity index (χ3n) is 3.78. The minimum atomic E-state index is -3.74. The number of hydrogen-bond donors (Lipinski definition) is 2. The molecule has 3 N–H and O–H groups in total. The Labute approximate surface area is 155 Å². The number of carbonyl (C=O) groups is 2. The molecule has 0 radical (unpaired) electrons. The highest BCUT2D eigenvalue weighted by Gasteiger charge is 2.30. The molecule has 0 spiro atoms. The molecule has 1 fully saturated rings. The zero-order valence-corrected chi connectivity index (χ0v) is 15.6. The maximum Gasteiger partial charge on any atom is 0.318 e. The lowest BCUT2D eigenvalue weighted by Crippen LogP contribution is -2.49. The Morgan fingerprint density at radius 3 is 2.40 bits per heavy atom. The molecule has 0 saturated carbocycles. The summed E-state index contributed by atoms with van der Waals surface area (Å²) in [6, 6.07) is 3.59. The molecule has 11 heteroatoms. The first-order valence-corrected chi connectivity index (χ1v) is 9.67. The van der Waals surface area contributed by atoms with Crippen molar-refractivity contribution >= 4 is 45.2 Å². The van der Waals surface area contributed by atoms with E-state index in [0.717, 1.165) is 0 Å². The van der Waals surface area contributed by atoms with E-state index in [0.29, 0.717) is 19.6 Å². The van der Waals surface area contributed by atoms with Gasteiger partial charge in [-0.3, -0.25) is 10.1 Å². The molecular formula is C14H18Cl2N4O4S. The largest absolute Gasteiger partial charge is 0.351 e. The quantitative estimate of drug-likeness (QED) is 0.750. The van der Waals surface area contributed by atoms with Crippen LogP contribution in [0.25, 0.3) is 0 Å². The Morgan fingerprint density at radius 1 is 1.16 bits per heavy atom. The monoisotopic (exact) mass is 408 g/mol. The SMILES string of the molecule is NC(=O)NC(=O)CCN1CCN(S(=O)(=O)c2cccc(Cl)c2Cl)CC1. The highest BCUT2D eigenvalue weighted by atomic mass is 35.5. The van der Waals surface area contributed by atoms with E-state index in [9.17, 15) is 18.0 Å². The van der Waals surface area contributed by atoms with Crippen LogP contribution in [0.4, 0.5) is 4.79 Å². The molecule has 1 aromatic carbocycles. The van der Waals surface area contributed by atoms with Gasteiger partial charge in [-0.1, -0.05) is 29.3 Å². The molecule has 2 rings (SSSR count). The van der Waals surface area contributed by atoms with Crippen molar-refractivity contribution in [2.24, 2.45) is 5.73 Å². The second-order valence-corrected chi connectivity index (χ2v) is 8.15. The number of sulfonamides is 1. The zero-order valence-electron chi connectivity index (χ0n) is 13.2. The van der Waals surface area contributed by atoms with Crippen molar-refractivity contribution < 1.29 is 18.0 Å². The molecule has 3 amide bonds. The Bertz CT molecular complexity index is 764. The number of rotatable bonds is 5. The van der Waals surface area contributed by atoms with Crippen LogP contribution in [-0.4, -0.2) is 62.3 Å². The van der Waals surface area contributed by atoms with Crippen LogP contribution in [0, 0.1) is 0 Å². The lowest BCUT2D eigenvalue weighted by atomic mass is 10.3. The molecule has 0 bridgehead atoms. The van der Waals surface area contributed by atoms with Gasteiger partial charge in [0.25, 0.3) is 0 Å². The number of halogens is 2. The van der Waals surface area contributed by atoms with Gasteiger partial charge >= 0.3 is 6.03 Å². The van der Waals surface area contributed by atoms with Crippen LogP contribution in [0.5, 0.6) is 0 Å². The predicted molar refractivity (Wildman–Crippen MR) is 94.0 cm³/mol. The number of carbonyl (C=O) groups excluding carboxylic acids is 2. The van der Waals surface area contributed by atoms with Gasteiger partial charge in [0.1, 0.15) is 4.90 Å². The molecule has 1 aromatic rings. The summed E-state index contributed by atoms with van der Waals surface area (Å²) in [4.78, 5) is 23.9. The fourth-order valence-corrected chi connectivity index (χ4v) is 4.63. The summed E-state index contributed by atoms with van der Waals surface area (Å²) in [5.41, 5.74) is 4.87. The fraction of sp³-hybridized carbons (Fsp3) is 0.429. The number of primary amides is 1. The number of benzene rings is 1. The third-order valence-corrected chi connectivity index (χ3v) is 6.65. The smallest absolute Gasteiger partial charge is 0.318 e. The van der Waals surface area contributed by atoms with Gasteiger partial charge in [0.2, 0.25) is 15.9 Å². The highest BCUT2D eigenvalue weighted by Crippen LogP contribution is 2.31. The van der Waals surface area contributed by atoms with E-state index in [2.05, 4.69) is 0 Å². The van der Waals surface area contributed by atoms with E-state index < -0.39 is 22.0 Å². The number of imide groups is 1. The van der Waals surface area contributed by atoms with Crippen LogP contribution >= 0.6 is 23.2 Å². The number of amides is 3. The van der Waals surface area contributed by atoms with E-state index in [1.165, 1.54) is 22.5 Å². The van der Waals surface area contributed by atoms with Gasteiger partial charge in [-0.25, -0.2) is 13.2 Å². The zero-order chi connectivity index (χ0) is 18.6. The average Bonchev–Trinajstić information content (AvgIpc) is 2.55. The Morgan fingerprint density at radius 2 is 1.80 bits per heavy atom. The molecule has 0 aliphatic carbocycles. The van der Waals surface area contributed by atoms with E-state index in [1.807, 2.05) is 10.2 Å². The number of nitrogens with zero attached hydrogens (tertiary/aromatic N) is 2. The topological polar surface area (TPSA) is 113 Å². The number of nitrogens with two attached hydrogens (primary N) is 1. The maximum absolute atomic E-state index is 12.7. The van der Waals surface area contributed by atoms with E-state index in [1.54, 1.807) is 0 Å². The predicted octanol–water partition coefficient (Wildman–Crippen LogP) is 0.885. The first-order valence-electron chi connectivity index (χ1n) is 7.47. The number of hydrogen-bond acceptors (Lipinski definition) is 5. The second kappa shape index (κ2) is 8.33. The summed E-state index contributed by atoms with van der Waals surface area (Å²) in [6.45, 7) is 1.86. The van der Waals surface area contributed by atoms with Crippen LogP contribution in [0.3, 0.4) is 0 Å². The molecule has 0 aromatic heterocycles. The molecule has 8 nitrogen and oxygen atoms in total. The molecule has 1 heterocycles. The number of piperazine rings is 1. The summed E-state index contributed by atoms with van der Waals surface area (Å²) in [5.74, 6) is -0.465. The standard InChI is InChI=1S/C14H18Cl2N4O4S/c15-10-2-1-3-11(13(10)16)25(23,24)20-8-6-19(7-9-20)5-4-12(21)18-14(17)22/h1-3H,4-9H2,(H3,17,18,21,22). The van der Waals surface area contributed by atoms with Crippen LogP contribution in [0.15, 0.2) is 23.1 Å². The van der Waals surface area contributed by atoms with E-state index >= 15 is 0 Å². The van der Waals surface area contributed by atoms with Crippen molar-refractivity contribution in [1.82, 2.24) is 14.5 Å². The van der Waals surface area contributed by atoms with Gasteiger partial charge in [-0.05, 0) is 12.1 Å². The Hall–Kier alpha value is -1.39. The lowest BCUT2D eigenvalue weighted by molar-refractivity contribution is -0.120. The minimum absolute atomic E-state index is 0.00900. The summed E-state index contributed by atoms with van der Waals surface area (Å²) >= 11 is 11.9. The van der Waals surface area contributed by atoms with Crippen molar-refractivity contribution in [3.05, 3.63) is 28.2 Å².